The maximum absolute atomic E-state index is 4.95. The second-order valence-electron chi connectivity index (χ2n) is 8.32. The molecule has 0 N–H and O–H groups in total. The first kappa shape index (κ1) is 17.3. The zero-order chi connectivity index (χ0) is 20.2. The topological polar surface area (TPSA) is 19.4 Å². The van der Waals surface area contributed by atoms with Crippen molar-refractivity contribution in [3.8, 4) is 11.3 Å². The van der Waals surface area contributed by atoms with E-state index in [1.54, 1.807) is 0 Å². The molecule has 2 aliphatic heterocycles. The molecule has 6 rings (SSSR count). The number of nitrogens with zero attached hydrogens (tertiary/aromatic N) is 3. The van der Waals surface area contributed by atoms with Crippen LogP contribution in [-0.2, 0) is 0 Å². The summed E-state index contributed by atoms with van der Waals surface area (Å²) in [5.41, 5.74) is 9.68. The number of fused-ring (bicyclic) bond motifs is 8. The Hall–Kier alpha value is -3.53. The van der Waals surface area contributed by atoms with Crippen molar-refractivity contribution in [1.29, 1.82) is 0 Å². The Morgan fingerprint density at radius 1 is 0.733 bits per heavy atom. The fourth-order valence-corrected chi connectivity index (χ4v) is 4.77. The van der Waals surface area contributed by atoms with E-state index in [0.29, 0.717) is 5.92 Å². The fourth-order valence-electron chi connectivity index (χ4n) is 4.77. The highest BCUT2D eigenvalue weighted by Gasteiger charge is 2.48. The van der Waals surface area contributed by atoms with Crippen LogP contribution < -0.4 is 15.1 Å². The van der Waals surface area contributed by atoms with Crippen LogP contribution in [-0.4, -0.2) is 12.0 Å². The van der Waals surface area contributed by atoms with Gasteiger partial charge >= 0.3 is 6.98 Å². The van der Waals surface area contributed by atoms with Crippen LogP contribution in [0.5, 0.6) is 0 Å². The van der Waals surface area contributed by atoms with Crippen LogP contribution in [0.2, 0.25) is 0 Å². The van der Waals surface area contributed by atoms with Gasteiger partial charge in [0.25, 0.3) is 0 Å². The maximum atomic E-state index is 4.95. The Balaban J connectivity index is 1.68. The Morgan fingerprint density at radius 3 is 2.17 bits per heavy atom. The molecule has 1 aromatic heterocycles. The highest BCUT2D eigenvalue weighted by molar-refractivity contribution is 6.86. The fraction of sp³-hybridized carbons (Fsp3) is 0.115. The van der Waals surface area contributed by atoms with Crippen LogP contribution in [0, 0.1) is 0 Å². The molecule has 3 nitrogen and oxygen atoms in total. The minimum atomic E-state index is 0.0673. The smallest absolute Gasteiger partial charge is 0.360 e. The molecule has 3 heterocycles. The molecule has 30 heavy (non-hydrogen) atoms. The first-order valence-electron chi connectivity index (χ1n) is 10.6. The van der Waals surface area contributed by atoms with Gasteiger partial charge in [0.05, 0.1) is 22.8 Å². The SMILES string of the molecule is CC(C)c1cnc2c(c1)N1B(c3ccccc3-2)N(c2ccccc2)c2ccccc21. The molecule has 0 unspecified atom stereocenters. The molecule has 144 valence electrons. The summed E-state index contributed by atoms with van der Waals surface area (Å²) in [4.78, 5) is 9.88. The van der Waals surface area contributed by atoms with Gasteiger partial charge in [-0.2, -0.15) is 0 Å². The van der Waals surface area contributed by atoms with Crippen LogP contribution in [0.25, 0.3) is 11.3 Å². The predicted octanol–water partition coefficient (Wildman–Crippen LogP) is 5.87. The summed E-state index contributed by atoms with van der Waals surface area (Å²) in [6.45, 7) is 4.52. The molecule has 4 aromatic rings. The van der Waals surface area contributed by atoms with Crippen molar-refractivity contribution < 1.29 is 0 Å². The Kier molecular flexibility index (Phi) is 3.75. The molecule has 2 aliphatic rings. The van der Waals surface area contributed by atoms with Gasteiger partial charge in [-0.25, -0.2) is 0 Å². The molecular formula is C26H22BN3. The molecule has 4 heteroatoms. The van der Waals surface area contributed by atoms with Crippen LogP contribution in [0.15, 0.2) is 91.1 Å². The summed E-state index contributed by atoms with van der Waals surface area (Å²) in [5.74, 6) is 0.432. The molecule has 0 aliphatic carbocycles. The monoisotopic (exact) mass is 387 g/mol. The predicted molar refractivity (Wildman–Crippen MR) is 126 cm³/mol. The standard InChI is InChI=1S/C26H22BN3/c1-18(2)19-16-25-26(28-17-19)21-12-6-7-13-22(21)27-29(20-10-4-3-5-11-20)23-14-8-9-15-24(23)30(25)27/h3-18H,1-2H3. The van der Waals surface area contributed by atoms with Crippen molar-refractivity contribution in [3.63, 3.8) is 0 Å². The number of hydrogen-bond donors (Lipinski definition) is 0. The molecule has 0 fully saturated rings. The highest BCUT2D eigenvalue weighted by atomic mass is 15.3. The van der Waals surface area contributed by atoms with Gasteiger partial charge < -0.3 is 9.62 Å². The van der Waals surface area contributed by atoms with E-state index in [-0.39, 0.29) is 6.98 Å². The number of para-hydroxylation sites is 3. The number of benzene rings is 3. The second-order valence-corrected chi connectivity index (χ2v) is 8.32. The van der Waals surface area contributed by atoms with Crippen molar-refractivity contribution in [2.75, 3.05) is 9.62 Å². The lowest BCUT2D eigenvalue weighted by Gasteiger charge is -2.36. The third-order valence-corrected chi connectivity index (χ3v) is 6.23. The van der Waals surface area contributed by atoms with Crippen molar-refractivity contribution in [2.24, 2.45) is 0 Å². The molecule has 0 saturated carbocycles. The van der Waals surface area contributed by atoms with Crippen molar-refractivity contribution >= 4 is 35.2 Å². The maximum Gasteiger partial charge on any atom is 0.421 e. The van der Waals surface area contributed by atoms with E-state index < -0.39 is 0 Å². The molecule has 0 atom stereocenters. The van der Waals surface area contributed by atoms with Gasteiger partial charge in [-0.05, 0) is 47.3 Å². The van der Waals surface area contributed by atoms with Crippen molar-refractivity contribution in [2.45, 2.75) is 19.8 Å². The average molecular weight is 387 g/mol. The number of anilines is 4. The quantitative estimate of drug-likeness (QED) is 0.401. The molecule has 0 amide bonds. The molecule has 0 radical (unpaired) electrons. The van der Waals surface area contributed by atoms with Gasteiger partial charge in [0.1, 0.15) is 0 Å². The highest BCUT2D eigenvalue weighted by Crippen LogP contribution is 2.50. The average Bonchev–Trinajstić information content (AvgIpc) is 3.15. The summed E-state index contributed by atoms with van der Waals surface area (Å²) >= 11 is 0. The zero-order valence-corrected chi connectivity index (χ0v) is 17.2. The normalized spacial score (nSPS) is 13.8. The summed E-state index contributed by atoms with van der Waals surface area (Å²) in [6.07, 6.45) is 2.04. The Labute approximate surface area is 177 Å². The minimum Gasteiger partial charge on any atom is -0.360 e. The minimum absolute atomic E-state index is 0.0673. The van der Waals surface area contributed by atoms with E-state index >= 15 is 0 Å². The van der Waals surface area contributed by atoms with Crippen molar-refractivity contribution in [1.82, 2.24) is 4.98 Å². The van der Waals surface area contributed by atoms with E-state index in [1.165, 1.54) is 39.3 Å². The summed E-state index contributed by atoms with van der Waals surface area (Å²) in [5, 5.41) is 0. The largest absolute Gasteiger partial charge is 0.421 e. The first-order valence-corrected chi connectivity index (χ1v) is 10.6. The van der Waals surface area contributed by atoms with Gasteiger partial charge in [-0.1, -0.05) is 68.4 Å². The van der Waals surface area contributed by atoms with Gasteiger partial charge in [-0.3, -0.25) is 4.98 Å². The zero-order valence-electron chi connectivity index (χ0n) is 17.2. The molecule has 0 bridgehead atoms. The van der Waals surface area contributed by atoms with Crippen LogP contribution >= 0.6 is 0 Å². The van der Waals surface area contributed by atoms with Crippen LogP contribution in [0.3, 0.4) is 0 Å². The summed E-state index contributed by atoms with van der Waals surface area (Å²) in [6, 6.07) is 30.4. The first-order chi connectivity index (χ1) is 14.7. The lowest BCUT2D eigenvalue weighted by molar-refractivity contribution is 0.858. The molecule has 0 saturated heterocycles. The third kappa shape index (κ3) is 2.37. The Morgan fingerprint density at radius 2 is 1.40 bits per heavy atom. The number of aromatic nitrogens is 1. The molecule has 3 aromatic carbocycles. The lowest BCUT2D eigenvalue weighted by atomic mass is 9.60. The Bertz CT molecular complexity index is 1250. The third-order valence-electron chi connectivity index (χ3n) is 6.23. The van der Waals surface area contributed by atoms with Crippen LogP contribution in [0.4, 0.5) is 22.7 Å². The number of hydrogen-bond acceptors (Lipinski definition) is 3. The second kappa shape index (κ2) is 6.49. The number of rotatable bonds is 2. The summed E-state index contributed by atoms with van der Waals surface area (Å²) in [7, 11) is 0. The van der Waals surface area contributed by atoms with Gasteiger partial charge in [0.15, 0.2) is 0 Å². The van der Waals surface area contributed by atoms with Gasteiger partial charge in [0, 0.05) is 17.4 Å². The van der Waals surface area contributed by atoms with E-state index in [4.69, 9.17) is 4.98 Å². The van der Waals surface area contributed by atoms with Gasteiger partial charge in [0.2, 0.25) is 0 Å². The van der Waals surface area contributed by atoms with E-state index in [1.807, 2.05) is 6.20 Å². The van der Waals surface area contributed by atoms with E-state index in [0.717, 1.165) is 5.69 Å². The molecular weight excluding hydrogens is 365 g/mol. The number of pyridine rings is 1. The van der Waals surface area contributed by atoms with E-state index in [2.05, 4.69) is 108 Å². The van der Waals surface area contributed by atoms with E-state index in [9.17, 15) is 0 Å². The van der Waals surface area contributed by atoms with Gasteiger partial charge in [-0.15, -0.1) is 0 Å². The lowest BCUT2D eigenvalue weighted by Crippen LogP contribution is -2.55. The van der Waals surface area contributed by atoms with Crippen molar-refractivity contribution in [3.05, 3.63) is 96.7 Å². The summed E-state index contributed by atoms with van der Waals surface area (Å²) < 4.78 is 0. The van der Waals surface area contributed by atoms with Crippen LogP contribution in [0.1, 0.15) is 25.3 Å². The molecule has 0 spiro atoms.